The summed E-state index contributed by atoms with van der Waals surface area (Å²) in [5.74, 6) is -0.144. The lowest BCUT2D eigenvalue weighted by molar-refractivity contribution is 0.0954. The molecule has 4 heteroatoms. The van der Waals surface area contributed by atoms with Gasteiger partial charge in [0, 0.05) is 43.8 Å². The van der Waals surface area contributed by atoms with Gasteiger partial charge in [-0.05, 0) is 28.7 Å². The second kappa shape index (κ2) is 8.49. The van der Waals surface area contributed by atoms with Crippen molar-refractivity contribution >= 4 is 11.6 Å². The van der Waals surface area contributed by atoms with Crippen LogP contribution in [0.15, 0.2) is 59.7 Å². The molecule has 0 aromatic heterocycles. The Morgan fingerprint density at radius 1 is 1.00 bits per heavy atom. The van der Waals surface area contributed by atoms with Crippen molar-refractivity contribution in [1.82, 2.24) is 10.3 Å². The van der Waals surface area contributed by atoms with Gasteiger partial charge in [-0.15, -0.1) is 0 Å². The third-order valence-corrected chi connectivity index (χ3v) is 5.01. The van der Waals surface area contributed by atoms with Crippen LogP contribution in [0.2, 0.25) is 0 Å². The van der Waals surface area contributed by atoms with Gasteiger partial charge in [-0.3, -0.25) is 9.69 Å². The van der Waals surface area contributed by atoms with Crippen molar-refractivity contribution in [2.75, 3.05) is 13.1 Å². The first kappa shape index (κ1) is 19.3. The van der Waals surface area contributed by atoms with Crippen LogP contribution in [0.4, 0.5) is 0 Å². The molecule has 4 nitrogen and oxygen atoms in total. The van der Waals surface area contributed by atoms with E-state index >= 15 is 0 Å². The third kappa shape index (κ3) is 5.51. The molecule has 1 saturated heterocycles. The maximum atomic E-state index is 12.3. The molecule has 1 N–H and O–H groups in total. The summed E-state index contributed by atoms with van der Waals surface area (Å²) >= 11 is 0. The van der Waals surface area contributed by atoms with Crippen LogP contribution in [0.25, 0.3) is 0 Å². The molecule has 0 bridgehead atoms. The standard InChI is InChI=1S/C23H29N3O/c1-23(2,3)20-11-9-19(10-12-20)22(27)25-24-21-13-15-26(16-14-21)17-18-7-5-4-6-8-18/h4-12H,13-17H2,1-3H3,(H,25,27). The van der Waals surface area contributed by atoms with E-state index in [2.05, 4.69) is 60.5 Å². The zero-order valence-electron chi connectivity index (χ0n) is 16.5. The second-order valence-corrected chi connectivity index (χ2v) is 8.21. The van der Waals surface area contributed by atoms with Crippen molar-refractivity contribution in [1.29, 1.82) is 0 Å². The van der Waals surface area contributed by atoms with Crippen LogP contribution in [0.3, 0.4) is 0 Å². The van der Waals surface area contributed by atoms with Crippen molar-refractivity contribution in [3.8, 4) is 0 Å². The molecule has 142 valence electrons. The van der Waals surface area contributed by atoms with Gasteiger partial charge in [0.2, 0.25) is 0 Å². The highest BCUT2D eigenvalue weighted by molar-refractivity contribution is 5.95. The quantitative estimate of drug-likeness (QED) is 0.820. The Kier molecular flexibility index (Phi) is 6.07. The largest absolute Gasteiger partial charge is 0.298 e. The van der Waals surface area contributed by atoms with Crippen LogP contribution in [0, 0.1) is 0 Å². The van der Waals surface area contributed by atoms with Crippen LogP contribution in [-0.4, -0.2) is 29.6 Å². The van der Waals surface area contributed by atoms with E-state index in [9.17, 15) is 4.79 Å². The normalized spacial score (nSPS) is 15.4. The molecule has 3 rings (SSSR count). The first-order valence-electron chi connectivity index (χ1n) is 9.64. The van der Waals surface area contributed by atoms with E-state index in [0.717, 1.165) is 38.2 Å². The molecule has 1 aliphatic heterocycles. The number of hydrogen-bond acceptors (Lipinski definition) is 3. The molecule has 2 aromatic rings. The Labute approximate surface area is 162 Å². The monoisotopic (exact) mass is 363 g/mol. The zero-order valence-corrected chi connectivity index (χ0v) is 16.5. The lowest BCUT2D eigenvalue weighted by Gasteiger charge is -2.27. The maximum absolute atomic E-state index is 12.3. The molecule has 27 heavy (non-hydrogen) atoms. The molecule has 0 saturated carbocycles. The predicted molar refractivity (Wildman–Crippen MR) is 111 cm³/mol. The summed E-state index contributed by atoms with van der Waals surface area (Å²) in [4.78, 5) is 14.8. The van der Waals surface area contributed by atoms with Crippen LogP contribution in [0.5, 0.6) is 0 Å². The summed E-state index contributed by atoms with van der Waals surface area (Å²) in [6.07, 6.45) is 1.80. The Bertz CT molecular complexity index is 779. The lowest BCUT2D eigenvalue weighted by atomic mass is 9.87. The van der Waals surface area contributed by atoms with Gasteiger partial charge in [0.05, 0.1) is 0 Å². The number of amides is 1. The molecule has 1 amide bonds. The smallest absolute Gasteiger partial charge is 0.271 e. The highest BCUT2D eigenvalue weighted by Gasteiger charge is 2.16. The van der Waals surface area contributed by atoms with E-state index < -0.39 is 0 Å². The number of piperidine rings is 1. The first-order valence-corrected chi connectivity index (χ1v) is 9.64. The predicted octanol–water partition coefficient (Wildman–Crippen LogP) is 4.37. The summed E-state index contributed by atoms with van der Waals surface area (Å²) in [6.45, 7) is 9.42. The molecule has 0 atom stereocenters. The number of rotatable bonds is 4. The number of nitrogens with zero attached hydrogens (tertiary/aromatic N) is 2. The lowest BCUT2D eigenvalue weighted by Crippen LogP contribution is -2.34. The fourth-order valence-corrected chi connectivity index (χ4v) is 3.24. The van der Waals surface area contributed by atoms with Gasteiger partial charge in [0.25, 0.3) is 5.91 Å². The number of carbonyl (C=O) groups excluding carboxylic acids is 1. The van der Waals surface area contributed by atoms with Crippen molar-refractivity contribution in [3.63, 3.8) is 0 Å². The van der Waals surface area contributed by atoms with Crippen molar-refractivity contribution < 1.29 is 4.79 Å². The fourth-order valence-electron chi connectivity index (χ4n) is 3.24. The fraction of sp³-hybridized carbons (Fsp3) is 0.391. The second-order valence-electron chi connectivity index (χ2n) is 8.21. The van der Waals surface area contributed by atoms with Gasteiger partial charge in [0.1, 0.15) is 0 Å². The van der Waals surface area contributed by atoms with E-state index in [0.29, 0.717) is 5.56 Å². The Balaban J connectivity index is 1.49. The van der Waals surface area contributed by atoms with E-state index in [4.69, 9.17) is 0 Å². The van der Waals surface area contributed by atoms with Crippen LogP contribution < -0.4 is 5.43 Å². The van der Waals surface area contributed by atoms with E-state index in [-0.39, 0.29) is 11.3 Å². The summed E-state index contributed by atoms with van der Waals surface area (Å²) in [6, 6.07) is 18.3. The molecule has 0 spiro atoms. The SMILES string of the molecule is CC(C)(C)c1ccc(C(=O)NN=C2CCN(Cc3ccccc3)CC2)cc1. The maximum Gasteiger partial charge on any atom is 0.271 e. The number of hydrazone groups is 1. The summed E-state index contributed by atoms with van der Waals surface area (Å²) < 4.78 is 0. The van der Waals surface area contributed by atoms with Crippen molar-refractivity contribution in [3.05, 3.63) is 71.3 Å². The molecule has 0 unspecified atom stereocenters. The molecule has 1 aliphatic rings. The van der Waals surface area contributed by atoms with E-state index in [1.54, 1.807) is 0 Å². The topological polar surface area (TPSA) is 44.7 Å². The van der Waals surface area contributed by atoms with Gasteiger partial charge in [-0.2, -0.15) is 5.10 Å². The summed E-state index contributed by atoms with van der Waals surface area (Å²) in [5, 5.41) is 4.36. The molecule has 0 radical (unpaired) electrons. The minimum atomic E-state index is -0.144. The van der Waals surface area contributed by atoms with Gasteiger partial charge in [-0.25, -0.2) is 5.43 Å². The van der Waals surface area contributed by atoms with Crippen molar-refractivity contribution in [2.24, 2.45) is 5.10 Å². The Morgan fingerprint density at radius 2 is 1.63 bits per heavy atom. The number of hydrogen-bond donors (Lipinski definition) is 1. The minimum Gasteiger partial charge on any atom is -0.298 e. The first-order chi connectivity index (χ1) is 12.9. The number of carbonyl (C=O) groups is 1. The number of nitrogens with one attached hydrogen (secondary N) is 1. The number of benzene rings is 2. The molecule has 2 aromatic carbocycles. The summed E-state index contributed by atoms with van der Waals surface area (Å²) in [7, 11) is 0. The average molecular weight is 364 g/mol. The molecule has 1 heterocycles. The number of likely N-dealkylation sites (tertiary alicyclic amines) is 1. The Morgan fingerprint density at radius 3 is 2.22 bits per heavy atom. The molecule has 0 aliphatic carbocycles. The highest BCUT2D eigenvalue weighted by Crippen LogP contribution is 2.22. The van der Waals surface area contributed by atoms with Crippen molar-refractivity contribution in [2.45, 2.75) is 45.6 Å². The van der Waals surface area contributed by atoms with E-state index in [1.165, 1.54) is 11.1 Å². The van der Waals surface area contributed by atoms with Crippen LogP contribution in [-0.2, 0) is 12.0 Å². The Hall–Kier alpha value is -2.46. The van der Waals surface area contributed by atoms with E-state index in [1.807, 2.05) is 30.3 Å². The molecule has 1 fully saturated rings. The zero-order chi connectivity index (χ0) is 19.3. The van der Waals surface area contributed by atoms with Gasteiger partial charge in [-0.1, -0.05) is 63.2 Å². The van der Waals surface area contributed by atoms with Crippen LogP contribution in [0.1, 0.15) is 55.1 Å². The molecular weight excluding hydrogens is 334 g/mol. The highest BCUT2D eigenvalue weighted by atomic mass is 16.2. The minimum absolute atomic E-state index is 0.0863. The summed E-state index contributed by atoms with van der Waals surface area (Å²) in [5.41, 5.74) is 7.08. The average Bonchev–Trinajstić information content (AvgIpc) is 2.67. The van der Waals surface area contributed by atoms with Gasteiger partial charge in [0.15, 0.2) is 0 Å². The van der Waals surface area contributed by atoms with Gasteiger partial charge >= 0.3 is 0 Å². The van der Waals surface area contributed by atoms with Crippen LogP contribution >= 0.6 is 0 Å². The molecular formula is C23H29N3O. The third-order valence-electron chi connectivity index (χ3n) is 5.01. The van der Waals surface area contributed by atoms with Gasteiger partial charge < -0.3 is 0 Å².